The highest BCUT2D eigenvalue weighted by Crippen LogP contribution is 2.35. The number of nitrogens with one attached hydrogen (secondary N) is 1. The standard InChI is InChI=1S/C22H25N3O5S/c1-15(26)24-11-3-5-16-13-18(8-10-19(16)24)31(28,29)23-17-7-9-20(21(14-17)30-2)25-12-4-6-22(25)27/h7-10,13-14,23H,3-6,11-12H2,1-2H3. The van der Waals surface area contributed by atoms with E-state index in [1.807, 2.05) is 0 Å². The summed E-state index contributed by atoms with van der Waals surface area (Å²) in [4.78, 5) is 27.4. The third-order valence-corrected chi connectivity index (χ3v) is 7.04. The summed E-state index contributed by atoms with van der Waals surface area (Å²) in [6, 6.07) is 9.72. The van der Waals surface area contributed by atoms with E-state index in [2.05, 4.69) is 4.72 Å². The van der Waals surface area contributed by atoms with E-state index in [9.17, 15) is 18.0 Å². The molecule has 2 aliphatic rings. The van der Waals surface area contributed by atoms with Gasteiger partial charge in [-0.2, -0.15) is 0 Å². The number of amides is 2. The molecule has 8 nitrogen and oxygen atoms in total. The number of hydrogen-bond donors (Lipinski definition) is 1. The van der Waals surface area contributed by atoms with E-state index in [0.29, 0.717) is 36.6 Å². The Bertz CT molecular complexity index is 1150. The number of anilines is 3. The normalized spacial score (nSPS) is 16.3. The van der Waals surface area contributed by atoms with Crippen LogP contribution in [0.3, 0.4) is 0 Å². The van der Waals surface area contributed by atoms with Crippen molar-refractivity contribution >= 4 is 38.9 Å². The van der Waals surface area contributed by atoms with Crippen molar-refractivity contribution in [3.8, 4) is 5.75 Å². The van der Waals surface area contributed by atoms with Crippen molar-refractivity contribution in [3.05, 3.63) is 42.0 Å². The average molecular weight is 444 g/mol. The number of methoxy groups -OCH3 is 1. The first-order valence-corrected chi connectivity index (χ1v) is 11.7. The van der Waals surface area contributed by atoms with Crippen molar-refractivity contribution < 1.29 is 22.7 Å². The van der Waals surface area contributed by atoms with Crippen LogP contribution in [0.4, 0.5) is 17.1 Å². The Balaban J connectivity index is 1.60. The van der Waals surface area contributed by atoms with Gasteiger partial charge in [0.1, 0.15) is 5.75 Å². The van der Waals surface area contributed by atoms with Crippen molar-refractivity contribution in [2.45, 2.75) is 37.5 Å². The van der Waals surface area contributed by atoms with Crippen LogP contribution in [0.1, 0.15) is 31.7 Å². The summed E-state index contributed by atoms with van der Waals surface area (Å²) < 4.78 is 34.0. The minimum absolute atomic E-state index is 0.0281. The maximum absolute atomic E-state index is 13.0. The number of ether oxygens (including phenoxy) is 1. The van der Waals surface area contributed by atoms with Gasteiger partial charge >= 0.3 is 0 Å². The number of carbonyl (C=O) groups is 2. The summed E-state index contributed by atoms with van der Waals surface area (Å²) in [5.74, 6) is 0.400. The largest absolute Gasteiger partial charge is 0.494 e. The number of nitrogens with zero attached hydrogens (tertiary/aromatic N) is 2. The summed E-state index contributed by atoms with van der Waals surface area (Å²) in [6.07, 6.45) is 2.79. The highest BCUT2D eigenvalue weighted by Gasteiger charge is 2.26. The first-order chi connectivity index (χ1) is 14.8. The van der Waals surface area contributed by atoms with Crippen LogP contribution in [-0.2, 0) is 26.0 Å². The number of carbonyl (C=O) groups excluding carboxylic acids is 2. The SMILES string of the molecule is COc1cc(NS(=O)(=O)c2ccc3c(c2)CCCN3C(C)=O)ccc1N1CCCC1=O. The Labute approximate surface area is 181 Å². The molecular weight excluding hydrogens is 418 g/mol. The number of sulfonamides is 1. The molecule has 2 amide bonds. The van der Waals surface area contributed by atoms with Crippen LogP contribution in [0.25, 0.3) is 0 Å². The number of hydrogen-bond acceptors (Lipinski definition) is 5. The Morgan fingerprint density at radius 1 is 1.03 bits per heavy atom. The molecule has 0 unspecified atom stereocenters. The van der Waals surface area contributed by atoms with Crippen LogP contribution in [0, 0.1) is 0 Å². The first kappa shape index (κ1) is 21.2. The number of benzene rings is 2. The van der Waals surface area contributed by atoms with Crippen molar-refractivity contribution in [3.63, 3.8) is 0 Å². The lowest BCUT2D eigenvalue weighted by molar-refractivity contribution is -0.117. The Kier molecular flexibility index (Phi) is 5.62. The van der Waals surface area contributed by atoms with E-state index < -0.39 is 10.0 Å². The predicted molar refractivity (Wildman–Crippen MR) is 118 cm³/mol. The van der Waals surface area contributed by atoms with Gasteiger partial charge in [-0.25, -0.2) is 8.42 Å². The highest BCUT2D eigenvalue weighted by molar-refractivity contribution is 7.92. The molecule has 31 heavy (non-hydrogen) atoms. The molecule has 0 bridgehead atoms. The van der Waals surface area contributed by atoms with Crippen LogP contribution >= 0.6 is 0 Å². The van der Waals surface area contributed by atoms with E-state index in [-0.39, 0.29) is 16.7 Å². The van der Waals surface area contributed by atoms with Gasteiger partial charge in [-0.15, -0.1) is 0 Å². The lowest BCUT2D eigenvalue weighted by Gasteiger charge is -2.28. The molecule has 2 heterocycles. The molecule has 0 aromatic heterocycles. The van der Waals surface area contributed by atoms with Gasteiger partial charge in [0, 0.05) is 38.2 Å². The second-order valence-electron chi connectivity index (χ2n) is 7.71. The van der Waals surface area contributed by atoms with Gasteiger partial charge in [0.15, 0.2) is 0 Å². The van der Waals surface area contributed by atoms with Gasteiger partial charge in [-0.05, 0) is 55.2 Å². The van der Waals surface area contributed by atoms with Gasteiger partial charge in [0.05, 0.1) is 23.4 Å². The van der Waals surface area contributed by atoms with Crippen molar-refractivity contribution in [1.82, 2.24) is 0 Å². The van der Waals surface area contributed by atoms with Gasteiger partial charge in [-0.3, -0.25) is 14.3 Å². The maximum Gasteiger partial charge on any atom is 0.261 e. The quantitative estimate of drug-likeness (QED) is 0.767. The van der Waals surface area contributed by atoms with E-state index in [4.69, 9.17) is 4.74 Å². The fourth-order valence-corrected chi connectivity index (χ4v) is 5.25. The molecule has 1 fully saturated rings. The molecule has 0 saturated carbocycles. The number of rotatable bonds is 5. The lowest BCUT2D eigenvalue weighted by Crippen LogP contribution is -2.33. The fraction of sp³-hybridized carbons (Fsp3) is 0.364. The smallest absolute Gasteiger partial charge is 0.261 e. The van der Waals surface area contributed by atoms with Crippen LogP contribution in [0.15, 0.2) is 41.3 Å². The Morgan fingerprint density at radius 2 is 1.77 bits per heavy atom. The van der Waals surface area contributed by atoms with Crippen molar-refractivity contribution in [1.29, 1.82) is 0 Å². The van der Waals surface area contributed by atoms with Crippen LogP contribution < -0.4 is 19.3 Å². The topological polar surface area (TPSA) is 96.0 Å². The summed E-state index contributed by atoms with van der Waals surface area (Å²) >= 11 is 0. The zero-order valence-electron chi connectivity index (χ0n) is 17.6. The molecule has 1 N–H and O–H groups in total. The van der Waals surface area contributed by atoms with Gasteiger partial charge in [0.2, 0.25) is 11.8 Å². The monoisotopic (exact) mass is 443 g/mol. The van der Waals surface area contributed by atoms with E-state index in [1.54, 1.807) is 40.1 Å². The van der Waals surface area contributed by atoms with Crippen LogP contribution in [0.5, 0.6) is 5.75 Å². The number of fused-ring (bicyclic) bond motifs is 1. The molecule has 0 spiro atoms. The second-order valence-corrected chi connectivity index (χ2v) is 9.39. The minimum Gasteiger partial charge on any atom is -0.494 e. The average Bonchev–Trinajstić information content (AvgIpc) is 3.18. The lowest BCUT2D eigenvalue weighted by atomic mass is 10.0. The maximum atomic E-state index is 13.0. The number of aryl methyl sites for hydroxylation is 1. The summed E-state index contributed by atoms with van der Waals surface area (Å²) in [5.41, 5.74) is 2.57. The summed E-state index contributed by atoms with van der Waals surface area (Å²) in [6.45, 7) is 2.76. The summed E-state index contributed by atoms with van der Waals surface area (Å²) in [7, 11) is -2.35. The van der Waals surface area contributed by atoms with E-state index >= 15 is 0 Å². The summed E-state index contributed by atoms with van der Waals surface area (Å²) in [5, 5.41) is 0. The van der Waals surface area contributed by atoms with Gasteiger partial charge < -0.3 is 14.5 Å². The Hall–Kier alpha value is -3.07. The zero-order chi connectivity index (χ0) is 22.2. The van der Waals surface area contributed by atoms with Gasteiger partial charge in [0.25, 0.3) is 10.0 Å². The molecule has 164 valence electrons. The van der Waals surface area contributed by atoms with Crippen LogP contribution in [-0.4, -0.2) is 40.4 Å². The molecule has 4 rings (SSSR count). The molecular formula is C22H25N3O5S. The third kappa shape index (κ3) is 4.10. The van der Waals surface area contributed by atoms with E-state index in [0.717, 1.165) is 30.5 Å². The van der Waals surface area contributed by atoms with E-state index in [1.165, 1.54) is 20.1 Å². The Morgan fingerprint density at radius 3 is 2.45 bits per heavy atom. The molecule has 1 saturated heterocycles. The molecule has 0 atom stereocenters. The zero-order valence-corrected chi connectivity index (χ0v) is 18.4. The first-order valence-electron chi connectivity index (χ1n) is 10.2. The fourth-order valence-electron chi connectivity index (χ4n) is 4.15. The second kappa shape index (κ2) is 8.22. The third-order valence-electron chi connectivity index (χ3n) is 5.66. The van der Waals surface area contributed by atoms with Crippen molar-refractivity contribution in [2.24, 2.45) is 0 Å². The molecule has 0 aliphatic carbocycles. The minimum atomic E-state index is -3.84. The predicted octanol–water partition coefficient (Wildman–Crippen LogP) is 2.92. The highest BCUT2D eigenvalue weighted by atomic mass is 32.2. The van der Waals surface area contributed by atoms with Gasteiger partial charge in [-0.1, -0.05) is 0 Å². The molecule has 2 aromatic carbocycles. The van der Waals surface area contributed by atoms with Crippen LogP contribution in [0.2, 0.25) is 0 Å². The van der Waals surface area contributed by atoms with Crippen molar-refractivity contribution in [2.75, 3.05) is 34.7 Å². The molecule has 2 aliphatic heterocycles. The molecule has 2 aromatic rings. The molecule has 9 heteroatoms. The molecule has 0 radical (unpaired) electrons.